The number of carbonyl (C=O) groups is 2. The molecule has 7 N–H and O–H groups in total. The van der Waals surface area contributed by atoms with Gasteiger partial charge in [0.25, 0.3) is 0 Å². The molecule has 1 aliphatic carbocycles. The van der Waals surface area contributed by atoms with Gasteiger partial charge in [0.2, 0.25) is 0 Å². The summed E-state index contributed by atoms with van der Waals surface area (Å²) >= 11 is 0. The van der Waals surface area contributed by atoms with Gasteiger partial charge in [0.1, 0.15) is 12.7 Å². The van der Waals surface area contributed by atoms with Crippen LogP contribution in [0.25, 0.3) is 0 Å². The van der Waals surface area contributed by atoms with Crippen LogP contribution >= 0.6 is 15.6 Å². The highest BCUT2D eigenvalue weighted by Gasteiger charge is 2.39. The van der Waals surface area contributed by atoms with Crippen molar-refractivity contribution in [2.24, 2.45) is 17.8 Å². The molecule has 0 radical (unpaired) electrons. The second-order valence-corrected chi connectivity index (χ2v) is 18.8. The predicted octanol–water partition coefficient (Wildman–Crippen LogP) is 6.96. The van der Waals surface area contributed by atoms with E-state index in [2.05, 4.69) is 29.8 Å². The summed E-state index contributed by atoms with van der Waals surface area (Å²) < 4.78 is 47.7. The third-order valence-electron chi connectivity index (χ3n) is 10.1. The van der Waals surface area contributed by atoms with Crippen molar-refractivity contribution in [1.29, 1.82) is 0 Å². The van der Waals surface area contributed by atoms with Crippen LogP contribution in [0, 0.1) is 17.8 Å². The standard InChI is InChI=1S/C41H76O16P2/c1-4-5-15-21-33(42)25-26-37-36(38(44)27-39(37)45)22-18-19-24-41(47)57-35(31-56-59(51,52)55-29-34(43)28-54-58(48,49)50)30-53-40(46)23-17-14-12-10-8-6-7-9-11-13-16-20-32(2)3/h18-19,25-26,32-39,42-45H,4-17,20-24,27-31H2,1-3H3,(H,51,52)(H2,48,49,50)/b19-18-,26-25+/t33-,34+,35-,36+,37-,38+,39-/m1/s1. The van der Waals surface area contributed by atoms with Gasteiger partial charge in [-0.25, -0.2) is 9.13 Å². The summed E-state index contributed by atoms with van der Waals surface area (Å²) in [5.74, 6) is -1.30. The normalized spacial score (nSPS) is 21.3. The van der Waals surface area contributed by atoms with Crippen molar-refractivity contribution >= 4 is 27.6 Å². The zero-order chi connectivity index (χ0) is 44.1. The Morgan fingerprint density at radius 2 is 1.29 bits per heavy atom. The number of aliphatic hydroxyl groups excluding tert-OH is 4. The van der Waals surface area contributed by atoms with Crippen molar-refractivity contribution in [2.45, 2.75) is 180 Å². The first-order valence-electron chi connectivity index (χ1n) is 21.6. The van der Waals surface area contributed by atoms with Crippen LogP contribution in [0.2, 0.25) is 0 Å². The van der Waals surface area contributed by atoms with Crippen molar-refractivity contribution in [1.82, 2.24) is 0 Å². The van der Waals surface area contributed by atoms with Crippen LogP contribution in [0.3, 0.4) is 0 Å². The topological polar surface area (TPSA) is 256 Å². The van der Waals surface area contributed by atoms with E-state index in [-0.39, 0.29) is 25.2 Å². The van der Waals surface area contributed by atoms with E-state index in [1.54, 1.807) is 18.2 Å². The van der Waals surface area contributed by atoms with Crippen molar-refractivity contribution < 1.29 is 76.9 Å². The molecule has 59 heavy (non-hydrogen) atoms. The summed E-state index contributed by atoms with van der Waals surface area (Å²) in [5, 5.41) is 41.1. The van der Waals surface area contributed by atoms with Crippen LogP contribution in [0.1, 0.15) is 149 Å². The summed E-state index contributed by atoms with van der Waals surface area (Å²) in [6, 6.07) is 0. The van der Waals surface area contributed by atoms with Crippen LogP contribution in [0.4, 0.5) is 0 Å². The molecule has 16 nitrogen and oxygen atoms in total. The van der Waals surface area contributed by atoms with E-state index in [1.165, 1.54) is 51.0 Å². The van der Waals surface area contributed by atoms with Gasteiger partial charge in [0.15, 0.2) is 6.10 Å². The van der Waals surface area contributed by atoms with Crippen LogP contribution in [-0.2, 0) is 41.8 Å². The number of hydrogen-bond acceptors (Lipinski definition) is 13. The Kier molecular flexibility index (Phi) is 30.3. The SMILES string of the molecule is CCCCC[C@@H](O)/C=C/[C@@H]1[C@H](C/C=C\CC(=O)O[C@H](COC(=O)CCCCCCCCCCCCCC(C)C)COP(=O)(O)OC[C@@H](O)COP(=O)(O)O)[C@@H](O)C[C@H]1O. The lowest BCUT2D eigenvalue weighted by Gasteiger charge is -2.20. The van der Waals surface area contributed by atoms with Crippen molar-refractivity contribution in [2.75, 3.05) is 26.4 Å². The Morgan fingerprint density at radius 3 is 1.90 bits per heavy atom. The minimum Gasteiger partial charge on any atom is -0.462 e. The molecule has 0 aliphatic heterocycles. The van der Waals surface area contributed by atoms with Crippen LogP contribution in [-0.4, -0.2) is 104 Å². The Balaban J connectivity index is 2.64. The highest BCUT2D eigenvalue weighted by Crippen LogP contribution is 2.44. The number of rotatable bonds is 36. The fourth-order valence-electron chi connectivity index (χ4n) is 6.74. The number of allylic oxidation sites excluding steroid dienone is 1. The van der Waals surface area contributed by atoms with Gasteiger partial charge in [0.05, 0.1) is 44.6 Å². The molecule has 0 heterocycles. The third kappa shape index (κ3) is 30.2. The van der Waals surface area contributed by atoms with E-state index >= 15 is 0 Å². The second-order valence-electron chi connectivity index (χ2n) is 16.1. The molecule has 0 spiro atoms. The van der Waals surface area contributed by atoms with E-state index < -0.39 is 90.4 Å². The summed E-state index contributed by atoms with van der Waals surface area (Å²) in [7, 11) is -9.80. The summed E-state index contributed by atoms with van der Waals surface area (Å²) in [6.07, 6.45) is 18.9. The average Bonchev–Trinajstić information content (AvgIpc) is 3.43. The summed E-state index contributed by atoms with van der Waals surface area (Å²) in [6.45, 7) is 3.57. The van der Waals surface area contributed by atoms with Crippen molar-refractivity contribution in [3.05, 3.63) is 24.3 Å². The minimum absolute atomic E-state index is 0.131. The van der Waals surface area contributed by atoms with Gasteiger partial charge in [-0.3, -0.25) is 23.2 Å². The molecule has 8 atom stereocenters. The number of carbonyl (C=O) groups excluding carboxylic acids is 2. The van der Waals surface area contributed by atoms with E-state index in [4.69, 9.17) is 23.8 Å². The van der Waals surface area contributed by atoms with Crippen LogP contribution in [0.5, 0.6) is 0 Å². The summed E-state index contributed by atoms with van der Waals surface area (Å²) in [5.41, 5.74) is 0. The van der Waals surface area contributed by atoms with Crippen LogP contribution < -0.4 is 0 Å². The Labute approximate surface area is 352 Å². The molecule has 1 fully saturated rings. The molecule has 0 saturated heterocycles. The number of phosphoric acid groups is 2. The highest BCUT2D eigenvalue weighted by molar-refractivity contribution is 7.47. The van der Waals surface area contributed by atoms with Crippen molar-refractivity contribution in [3.8, 4) is 0 Å². The lowest BCUT2D eigenvalue weighted by molar-refractivity contribution is -0.160. The van der Waals surface area contributed by atoms with Gasteiger partial charge < -0.3 is 44.6 Å². The first kappa shape index (κ1) is 55.5. The molecule has 1 rings (SSSR count). The number of hydrogen-bond donors (Lipinski definition) is 7. The predicted molar refractivity (Wildman–Crippen MR) is 223 cm³/mol. The lowest BCUT2D eigenvalue weighted by atomic mass is 9.89. The smallest absolute Gasteiger partial charge is 0.462 e. The largest absolute Gasteiger partial charge is 0.472 e. The molecule has 0 aromatic heterocycles. The molecule has 346 valence electrons. The molecular weight excluding hydrogens is 810 g/mol. The number of phosphoric ester groups is 2. The van der Waals surface area contributed by atoms with Crippen molar-refractivity contribution in [3.63, 3.8) is 0 Å². The van der Waals surface area contributed by atoms with Gasteiger partial charge in [-0.05, 0) is 31.1 Å². The Hall–Kier alpha value is -1.52. The number of unbranched alkanes of at least 4 members (excludes halogenated alkanes) is 12. The zero-order valence-corrected chi connectivity index (χ0v) is 37.4. The third-order valence-corrected chi connectivity index (χ3v) is 11.5. The molecular formula is C41H76O16P2. The molecule has 18 heteroatoms. The van der Waals surface area contributed by atoms with E-state index in [0.29, 0.717) is 19.3 Å². The molecule has 1 saturated carbocycles. The summed E-state index contributed by atoms with van der Waals surface area (Å²) in [4.78, 5) is 52.9. The maximum Gasteiger partial charge on any atom is 0.472 e. The van der Waals surface area contributed by atoms with Gasteiger partial charge in [-0.2, -0.15) is 0 Å². The Morgan fingerprint density at radius 1 is 0.712 bits per heavy atom. The molecule has 1 aliphatic rings. The lowest BCUT2D eigenvalue weighted by Crippen LogP contribution is -2.29. The zero-order valence-electron chi connectivity index (χ0n) is 35.6. The maximum atomic E-state index is 12.8. The number of aliphatic hydroxyl groups is 4. The van der Waals surface area contributed by atoms with Gasteiger partial charge >= 0.3 is 27.6 Å². The monoisotopic (exact) mass is 886 g/mol. The fraction of sp³-hybridized carbons (Fsp3) is 0.854. The van der Waals surface area contributed by atoms with E-state index in [9.17, 15) is 44.0 Å². The first-order chi connectivity index (χ1) is 27.9. The number of esters is 2. The average molecular weight is 887 g/mol. The maximum absolute atomic E-state index is 12.8. The Bertz CT molecular complexity index is 1270. The molecule has 0 aromatic carbocycles. The van der Waals surface area contributed by atoms with E-state index in [0.717, 1.165) is 50.9 Å². The molecule has 0 bridgehead atoms. The highest BCUT2D eigenvalue weighted by atomic mass is 31.2. The molecule has 0 aromatic rings. The number of ether oxygens (including phenoxy) is 2. The van der Waals surface area contributed by atoms with Crippen LogP contribution in [0.15, 0.2) is 24.3 Å². The van der Waals surface area contributed by atoms with Gasteiger partial charge in [0, 0.05) is 18.8 Å². The molecule has 1 unspecified atom stereocenters. The van der Waals surface area contributed by atoms with Gasteiger partial charge in [-0.15, -0.1) is 0 Å². The van der Waals surface area contributed by atoms with Gasteiger partial charge in [-0.1, -0.05) is 135 Å². The molecule has 0 amide bonds. The first-order valence-corrected chi connectivity index (χ1v) is 24.7. The fourth-order valence-corrected chi connectivity index (χ4v) is 7.90. The quantitative estimate of drug-likeness (QED) is 0.0145. The minimum atomic E-state index is -4.90. The van der Waals surface area contributed by atoms with E-state index in [1.807, 2.05) is 0 Å². The second kappa shape index (κ2) is 32.2.